The molecular weight excluding hydrogens is 271 g/mol. The van der Waals surface area contributed by atoms with E-state index in [-0.39, 0.29) is 6.04 Å². The van der Waals surface area contributed by atoms with E-state index in [1.165, 1.54) is 16.9 Å². The first-order valence-electron chi connectivity index (χ1n) is 6.35. The Morgan fingerprint density at radius 2 is 2.20 bits per heavy atom. The first kappa shape index (κ1) is 13.2. The van der Waals surface area contributed by atoms with Gasteiger partial charge in [0.15, 0.2) is 11.5 Å². The summed E-state index contributed by atoms with van der Waals surface area (Å²) in [5, 5.41) is 6.86. The second kappa shape index (κ2) is 4.62. The fraction of sp³-hybridized carbons (Fsp3) is 0.500. The van der Waals surface area contributed by atoms with Crippen LogP contribution in [-0.2, 0) is 6.18 Å². The molecule has 3 heterocycles. The van der Waals surface area contributed by atoms with E-state index in [0.29, 0.717) is 24.4 Å². The topological polar surface area (TPSA) is 45.5 Å². The molecule has 0 saturated carbocycles. The number of piperazine rings is 1. The lowest BCUT2D eigenvalue weighted by Gasteiger charge is -2.32. The number of rotatable bonds is 1. The fourth-order valence-electron chi connectivity index (χ4n) is 2.42. The van der Waals surface area contributed by atoms with Crippen molar-refractivity contribution in [3.63, 3.8) is 0 Å². The average Bonchev–Trinajstić information content (AvgIpc) is 2.82. The van der Waals surface area contributed by atoms with Crippen LogP contribution in [0.1, 0.15) is 12.6 Å². The molecule has 0 radical (unpaired) electrons. The van der Waals surface area contributed by atoms with Crippen molar-refractivity contribution in [2.24, 2.45) is 0 Å². The molecule has 108 valence electrons. The molecule has 5 nitrogen and oxygen atoms in total. The molecule has 1 aliphatic rings. The zero-order valence-corrected chi connectivity index (χ0v) is 10.9. The van der Waals surface area contributed by atoms with Crippen LogP contribution in [0, 0.1) is 0 Å². The maximum Gasteiger partial charge on any atom is 0.435 e. The highest BCUT2D eigenvalue weighted by Gasteiger charge is 2.34. The largest absolute Gasteiger partial charge is 0.435 e. The molecular formula is C12H14F3N5. The summed E-state index contributed by atoms with van der Waals surface area (Å²) in [4.78, 5) is 6.21. The number of anilines is 1. The summed E-state index contributed by atoms with van der Waals surface area (Å²) in [6.07, 6.45) is -1.54. The number of nitrogens with one attached hydrogen (secondary N) is 1. The summed E-state index contributed by atoms with van der Waals surface area (Å²) in [7, 11) is 0. The predicted molar refractivity (Wildman–Crippen MR) is 67.7 cm³/mol. The van der Waals surface area contributed by atoms with Crippen LogP contribution in [0.15, 0.2) is 18.5 Å². The van der Waals surface area contributed by atoms with Gasteiger partial charge in [0.05, 0.1) is 0 Å². The van der Waals surface area contributed by atoms with Crippen LogP contribution in [0.5, 0.6) is 0 Å². The highest BCUT2D eigenvalue weighted by Crippen LogP contribution is 2.31. The van der Waals surface area contributed by atoms with Crippen molar-refractivity contribution in [3.8, 4) is 0 Å². The van der Waals surface area contributed by atoms with Gasteiger partial charge in [0.2, 0.25) is 0 Å². The smallest absolute Gasteiger partial charge is 0.352 e. The monoisotopic (exact) mass is 285 g/mol. The standard InChI is InChI=1S/C12H14F3N5/c1-8-7-19(4-2-16-8)11-9-6-10(12(13,14)15)18-20(9)5-3-17-11/h3,5-6,8,16H,2,4,7H2,1H3/t8-/m0/s1. The van der Waals surface area contributed by atoms with Crippen LogP contribution in [0.4, 0.5) is 19.0 Å². The lowest BCUT2D eigenvalue weighted by atomic mass is 10.2. The van der Waals surface area contributed by atoms with Crippen molar-refractivity contribution in [1.29, 1.82) is 0 Å². The Hall–Kier alpha value is -1.83. The average molecular weight is 285 g/mol. The summed E-state index contributed by atoms with van der Waals surface area (Å²) >= 11 is 0. The number of fused-ring (bicyclic) bond motifs is 1. The molecule has 1 N–H and O–H groups in total. The van der Waals surface area contributed by atoms with Gasteiger partial charge in [-0.05, 0) is 6.92 Å². The maximum absolute atomic E-state index is 12.7. The van der Waals surface area contributed by atoms with Gasteiger partial charge in [-0.15, -0.1) is 0 Å². The molecule has 1 fully saturated rings. The minimum atomic E-state index is -4.44. The molecule has 20 heavy (non-hydrogen) atoms. The predicted octanol–water partition coefficient (Wildman–Crippen LogP) is 1.55. The van der Waals surface area contributed by atoms with Gasteiger partial charge in [-0.3, -0.25) is 0 Å². The highest BCUT2D eigenvalue weighted by molar-refractivity contribution is 5.69. The van der Waals surface area contributed by atoms with E-state index in [4.69, 9.17) is 0 Å². The Morgan fingerprint density at radius 1 is 1.40 bits per heavy atom. The third-order valence-electron chi connectivity index (χ3n) is 3.33. The van der Waals surface area contributed by atoms with Crippen LogP contribution in [0.25, 0.3) is 5.52 Å². The van der Waals surface area contributed by atoms with Crippen LogP contribution in [0.2, 0.25) is 0 Å². The summed E-state index contributed by atoms with van der Waals surface area (Å²) < 4.78 is 39.5. The maximum atomic E-state index is 12.7. The van der Waals surface area contributed by atoms with Gasteiger partial charge in [-0.1, -0.05) is 0 Å². The van der Waals surface area contributed by atoms with Gasteiger partial charge in [-0.25, -0.2) is 9.50 Å². The molecule has 8 heteroatoms. The number of hydrogen-bond donors (Lipinski definition) is 1. The number of aromatic nitrogens is 3. The van der Waals surface area contributed by atoms with Crippen molar-refractivity contribution < 1.29 is 13.2 Å². The SMILES string of the molecule is C[C@H]1CN(c2nccn3nc(C(F)(F)F)cc23)CCN1. The minimum absolute atomic E-state index is 0.274. The lowest BCUT2D eigenvalue weighted by molar-refractivity contribution is -0.141. The van der Waals surface area contributed by atoms with Gasteiger partial charge >= 0.3 is 6.18 Å². The first-order chi connectivity index (χ1) is 9.45. The van der Waals surface area contributed by atoms with Gasteiger partial charge in [-0.2, -0.15) is 18.3 Å². The molecule has 1 aliphatic heterocycles. The Kier molecular flexibility index (Phi) is 3.04. The second-order valence-electron chi connectivity index (χ2n) is 4.91. The molecule has 0 aromatic carbocycles. The quantitative estimate of drug-likeness (QED) is 0.863. The fourth-order valence-corrected chi connectivity index (χ4v) is 2.42. The van der Waals surface area contributed by atoms with Crippen LogP contribution >= 0.6 is 0 Å². The van der Waals surface area contributed by atoms with Gasteiger partial charge in [0.25, 0.3) is 0 Å². The van der Waals surface area contributed by atoms with Crippen LogP contribution in [0.3, 0.4) is 0 Å². The third-order valence-corrected chi connectivity index (χ3v) is 3.33. The Bertz CT molecular complexity index is 621. The van der Waals surface area contributed by atoms with Crippen molar-refractivity contribution >= 4 is 11.3 Å². The lowest BCUT2D eigenvalue weighted by Crippen LogP contribution is -2.49. The molecule has 0 amide bonds. The van der Waals surface area contributed by atoms with E-state index in [9.17, 15) is 13.2 Å². The van der Waals surface area contributed by atoms with E-state index in [1.807, 2.05) is 11.8 Å². The Morgan fingerprint density at radius 3 is 2.90 bits per heavy atom. The number of hydrogen-bond acceptors (Lipinski definition) is 4. The van der Waals surface area contributed by atoms with E-state index >= 15 is 0 Å². The summed E-state index contributed by atoms with van der Waals surface area (Å²) in [5.74, 6) is 0.545. The minimum Gasteiger partial charge on any atom is -0.352 e. The molecule has 2 aromatic heterocycles. The summed E-state index contributed by atoms with van der Waals surface area (Å²) in [5.41, 5.74) is -0.510. The number of halogens is 3. The third kappa shape index (κ3) is 2.31. The zero-order valence-electron chi connectivity index (χ0n) is 10.9. The molecule has 0 spiro atoms. The van der Waals surface area contributed by atoms with Crippen LogP contribution in [-0.4, -0.2) is 40.3 Å². The van der Waals surface area contributed by atoms with E-state index in [2.05, 4.69) is 15.4 Å². The normalized spacial score (nSPS) is 20.6. The molecule has 3 rings (SSSR count). The summed E-state index contributed by atoms with van der Waals surface area (Å²) in [6.45, 7) is 4.23. The van der Waals surface area contributed by atoms with E-state index < -0.39 is 11.9 Å². The molecule has 0 aliphatic carbocycles. The van der Waals surface area contributed by atoms with Crippen molar-refractivity contribution in [2.75, 3.05) is 24.5 Å². The number of nitrogens with zero attached hydrogens (tertiary/aromatic N) is 4. The van der Waals surface area contributed by atoms with Gasteiger partial charge in [0, 0.05) is 44.1 Å². The van der Waals surface area contributed by atoms with Gasteiger partial charge in [0.1, 0.15) is 5.52 Å². The summed E-state index contributed by atoms with van der Waals surface area (Å²) in [6, 6.07) is 1.32. The molecule has 1 atom stereocenters. The van der Waals surface area contributed by atoms with E-state index in [0.717, 1.165) is 12.6 Å². The zero-order chi connectivity index (χ0) is 14.3. The molecule has 1 saturated heterocycles. The van der Waals surface area contributed by atoms with Crippen molar-refractivity contribution in [1.82, 2.24) is 19.9 Å². The highest BCUT2D eigenvalue weighted by atomic mass is 19.4. The van der Waals surface area contributed by atoms with Crippen molar-refractivity contribution in [2.45, 2.75) is 19.1 Å². The molecule has 0 bridgehead atoms. The Labute approximate surface area is 113 Å². The van der Waals surface area contributed by atoms with Crippen LogP contribution < -0.4 is 10.2 Å². The second-order valence-corrected chi connectivity index (χ2v) is 4.91. The van der Waals surface area contributed by atoms with E-state index in [1.54, 1.807) is 0 Å². The first-order valence-corrected chi connectivity index (χ1v) is 6.35. The number of alkyl halides is 3. The molecule has 2 aromatic rings. The Balaban J connectivity index is 2.04. The molecule has 0 unspecified atom stereocenters. The van der Waals surface area contributed by atoms with Gasteiger partial charge < -0.3 is 10.2 Å². The van der Waals surface area contributed by atoms with Crippen molar-refractivity contribution in [3.05, 3.63) is 24.2 Å².